The second-order valence-electron chi connectivity index (χ2n) is 7.18. The maximum atomic E-state index is 12.9. The second kappa shape index (κ2) is 10.2. The van der Waals surface area contributed by atoms with E-state index in [4.69, 9.17) is 9.47 Å². The Labute approximate surface area is 178 Å². The highest BCUT2D eigenvalue weighted by molar-refractivity contribution is 5.72. The summed E-state index contributed by atoms with van der Waals surface area (Å²) < 4.78 is 49.0. The molecule has 1 aromatic heterocycles. The molecule has 0 spiro atoms. The van der Waals surface area contributed by atoms with E-state index in [0.717, 1.165) is 12.1 Å². The normalized spacial score (nSPS) is 13.4. The molecule has 1 aromatic carbocycles. The van der Waals surface area contributed by atoms with Crippen molar-refractivity contribution in [1.82, 2.24) is 15.3 Å². The lowest BCUT2D eigenvalue weighted by molar-refractivity contribution is -0.149. The Balaban J connectivity index is 2.10. The Morgan fingerprint density at radius 2 is 1.74 bits per heavy atom. The van der Waals surface area contributed by atoms with Crippen molar-refractivity contribution in [2.45, 2.75) is 58.5 Å². The van der Waals surface area contributed by atoms with E-state index < -0.39 is 35.9 Å². The molecule has 2 rings (SSSR count). The number of halogens is 3. The van der Waals surface area contributed by atoms with Gasteiger partial charge in [0.25, 0.3) is 0 Å². The highest BCUT2D eigenvalue weighted by Crippen LogP contribution is 2.31. The van der Waals surface area contributed by atoms with Crippen LogP contribution < -0.4 is 5.32 Å². The number of hydrogen-bond acceptors (Lipinski definition) is 6. The monoisotopic (exact) mass is 439 g/mol. The number of carbonyl (C=O) groups excluding carboxylic acids is 2. The predicted octanol–water partition coefficient (Wildman–Crippen LogP) is 4.67. The Bertz CT molecular complexity index is 904. The van der Waals surface area contributed by atoms with Gasteiger partial charge >= 0.3 is 18.2 Å². The number of ether oxygens (including phenoxy) is 2. The number of aryl methyl sites for hydroxylation is 1. The van der Waals surface area contributed by atoms with Gasteiger partial charge in [0.15, 0.2) is 11.9 Å². The zero-order valence-electron chi connectivity index (χ0n) is 17.6. The molecule has 1 heterocycles. The average molecular weight is 439 g/mol. The Morgan fingerprint density at radius 1 is 1.10 bits per heavy atom. The minimum absolute atomic E-state index is 0.122. The number of hydrogen-bond donors (Lipinski definition) is 1. The van der Waals surface area contributed by atoms with Crippen LogP contribution in [0.3, 0.4) is 0 Å². The summed E-state index contributed by atoms with van der Waals surface area (Å²) in [6.07, 6.45) is -4.16. The lowest BCUT2D eigenvalue weighted by Crippen LogP contribution is -2.30. The van der Waals surface area contributed by atoms with Crippen LogP contribution in [0.1, 0.15) is 61.9 Å². The summed E-state index contributed by atoms with van der Waals surface area (Å²) in [5, 5.41) is 2.56. The van der Waals surface area contributed by atoms with E-state index in [1.54, 1.807) is 26.8 Å². The van der Waals surface area contributed by atoms with E-state index in [-0.39, 0.29) is 18.3 Å². The van der Waals surface area contributed by atoms with Crippen LogP contribution in [0.2, 0.25) is 0 Å². The van der Waals surface area contributed by atoms with Crippen molar-refractivity contribution < 1.29 is 32.2 Å². The number of benzene rings is 1. The SMILES string of the molecule is Cc1cc(C(F)(F)F)ccc1C(C)NC(=O)OC(CC(=O)OC(C)C)c1ncccn1. The van der Waals surface area contributed by atoms with Crippen LogP contribution in [0.15, 0.2) is 36.7 Å². The standard InChI is InChI=1S/C21H24F3N3O4/c1-12(2)30-18(28)11-17(19-25-8-5-9-26-19)31-20(29)27-14(4)16-7-6-15(10-13(16)3)21(22,23)24/h5-10,12,14,17H,11H2,1-4H3,(H,27,29). The summed E-state index contributed by atoms with van der Waals surface area (Å²) in [7, 11) is 0. The first-order chi connectivity index (χ1) is 14.5. The van der Waals surface area contributed by atoms with Crippen LogP contribution in [0, 0.1) is 6.92 Å². The smallest absolute Gasteiger partial charge is 0.416 e. The molecule has 1 N–H and O–H groups in total. The summed E-state index contributed by atoms with van der Waals surface area (Å²) in [5.74, 6) is -0.469. The van der Waals surface area contributed by atoms with Crippen molar-refractivity contribution >= 4 is 12.1 Å². The number of amides is 1. The second-order valence-corrected chi connectivity index (χ2v) is 7.18. The Hall–Kier alpha value is -3.17. The molecule has 0 aliphatic heterocycles. The van der Waals surface area contributed by atoms with Crippen LogP contribution >= 0.6 is 0 Å². The van der Waals surface area contributed by atoms with Crippen molar-refractivity contribution in [2.24, 2.45) is 0 Å². The number of nitrogens with one attached hydrogen (secondary N) is 1. The van der Waals surface area contributed by atoms with Crippen molar-refractivity contribution in [2.75, 3.05) is 0 Å². The molecule has 0 saturated carbocycles. The molecule has 1 amide bonds. The number of aromatic nitrogens is 2. The van der Waals surface area contributed by atoms with Crippen molar-refractivity contribution in [3.8, 4) is 0 Å². The van der Waals surface area contributed by atoms with Gasteiger partial charge in [-0.05, 0) is 57.0 Å². The van der Waals surface area contributed by atoms with Crippen molar-refractivity contribution in [3.63, 3.8) is 0 Å². The Morgan fingerprint density at radius 3 is 2.29 bits per heavy atom. The lowest BCUT2D eigenvalue weighted by Gasteiger charge is -2.21. The highest BCUT2D eigenvalue weighted by Gasteiger charge is 2.31. The van der Waals surface area contributed by atoms with Gasteiger partial charge in [-0.25, -0.2) is 14.8 Å². The van der Waals surface area contributed by atoms with E-state index in [1.165, 1.54) is 25.4 Å². The van der Waals surface area contributed by atoms with Gasteiger partial charge in [0.05, 0.1) is 24.1 Å². The third kappa shape index (κ3) is 7.23. The average Bonchev–Trinajstić information content (AvgIpc) is 2.66. The van der Waals surface area contributed by atoms with Crippen LogP contribution in [0.4, 0.5) is 18.0 Å². The topological polar surface area (TPSA) is 90.4 Å². The molecule has 7 nitrogen and oxygen atoms in total. The molecule has 31 heavy (non-hydrogen) atoms. The zero-order valence-corrected chi connectivity index (χ0v) is 17.6. The van der Waals surface area contributed by atoms with Gasteiger partial charge in [0, 0.05) is 12.4 Å². The fourth-order valence-electron chi connectivity index (χ4n) is 2.88. The maximum Gasteiger partial charge on any atom is 0.416 e. The van der Waals surface area contributed by atoms with E-state index in [1.807, 2.05) is 0 Å². The number of nitrogens with zero attached hydrogens (tertiary/aromatic N) is 2. The van der Waals surface area contributed by atoms with Gasteiger partial charge in [-0.2, -0.15) is 13.2 Å². The fourth-order valence-corrected chi connectivity index (χ4v) is 2.88. The zero-order chi connectivity index (χ0) is 23.2. The number of carbonyl (C=O) groups is 2. The molecule has 0 saturated heterocycles. The quantitative estimate of drug-likeness (QED) is 0.631. The minimum Gasteiger partial charge on any atom is -0.463 e. The summed E-state index contributed by atoms with van der Waals surface area (Å²) in [6, 6.07) is 4.20. The molecule has 10 heteroatoms. The fraction of sp³-hybridized carbons (Fsp3) is 0.429. The van der Waals surface area contributed by atoms with Crippen molar-refractivity contribution in [3.05, 3.63) is 59.2 Å². The van der Waals surface area contributed by atoms with Gasteiger partial charge in [-0.1, -0.05) is 6.07 Å². The minimum atomic E-state index is -4.45. The molecule has 168 valence electrons. The van der Waals surface area contributed by atoms with Crippen LogP contribution in [0.25, 0.3) is 0 Å². The molecule has 2 aromatic rings. The Kier molecular flexibility index (Phi) is 7.95. The first kappa shape index (κ1) is 24.1. The summed E-state index contributed by atoms with van der Waals surface area (Å²) in [6.45, 7) is 6.51. The van der Waals surface area contributed by atoms with E-state index in [2.05, 4.69) is 15.3 Å². The summed E-state index contributed by atoms with van der Waals surface area (Å²) in [4.78, 5) is 32.5. The van der Waals surface area contributed by atoms with Gasteiger partial charge in [0.2, 0.25) is 0 Å². The summed E-state index contributed by atoms with van der Waals surface area (Å²) >= 11 is 0. The van der Waals surface area contributed by atoms with Crippen LogP contribution in [-0.2, 0) is 20.4 Å². The maximum absolute atomic E-state index is 12.9. The number of esters is 1. The predicted molar refractivity (Wildman–Crippen MR) is 105 cm³/mol. The first-order valence-electron chi connectivity index (χ1n) is 9.58. The molecule has 0 fully saturated rings. The number of alkyl halides is 3. The molecule has 0 aliphatic rings. The largest absolute Gasteiger partial charge is 0.463 e. The molecular formula is C21H24F3N3O4. The molecular weight excluding hydrogens is 415 g/mol. The highest BCUT2D eigenvalue weighted by atomic mass is 19.4. The molecule has 0 bridgehead atoms. The number of rotatable bonds is 7. The third-order valence-corrected chi connectivity index (χ3v) is 4.24. The summed E-state index contributed by atoms with van der Waals surface area (Å²) in [5.41, 5.74) is 0.0937. The molecule has 2 unspecified atom stereocenters. The van der Waals surface area contributed by atoms with Gasteiger partial charge < -0.3 is 14.8 Å². The van der Waals surface area contributed by atoms with E-state index in [0.29, 0.717) is 11.1 Å². The van der Waals surface area contributed by atoms with Crippen molar-refractivity contribution in [1.29, 1.82) is 0 Å². The van der Waals surface area contributed by atoms with E-state index in [9.17, 15) is 22.8 Å². The van der Waals surface area contributed by atoms with Crippen LogP contribution in [0.5, 0.6) is 0 Å². The molecule has 2 atom stereocenters. The first-order valence-corrected chi connectivity index (χ1v) is 9.58. The van der Waals surface area contributed by atoms with Gasteiger partial charge in [0.1, 0.15) is 0 Å². The van der Waals surface area contributed by atoms with Gasteiger partial charge in [-0.15, -0.1) is 0 Å². The lowest BCUT2D eigenvalue weighted by atomic mass is 10.00. The number of alkyl carbamates (subject to hydrolysis) is 1. The van der Waals surface area contributed by atoms with Gasteiger partial charge in [-0.3, -0.25) is 4.79 Å². The van der Waals surface area contributed by atoms with Crippen LogP contribution in [-0.4, -0.2) is 28.1 Å². The molecule has 0 radical (unpaired) electrons. The van der Waals surface area contributed by atoms with E-state index >= 15 is 0 Å². The molecule has 0 aliphatic carbocycles. The third-order valence-electron chi connectivity index (χ3n) is 4.24.